The topological polar surface area (TPSA) is 113 Å². The molecule has 0 aliphatic heterocycles. The van der Waals surface area contributed by atoms with Crippen LogP contribution in [0, 0.1) is 5.92 Å². The number of nitrogens with one attached hydrogen (secondary N) is 2. The Balaban J connectivity index is 2.17. The Labute approximate surface area is 145 Å². The third-order valence-electron chi connectivity index (χ3n) is 3.58. The second-order valence-corrected chi connectivity index (χ2v) is 6.61. The Bertz CT molecular complexity index is 660. The molecule has 1 aromatic heterocycles. The fraction of sp³-hybridized carbons (Fsp3) is 0.438. The van der Waals surface area contributed by atoms with E-state index in [9.17, 15) is 4.79 Å². The molecule has 1 aliphatic carbocycles. The highest BCUT2D eigenvalue weighted by atomic mass is 32.2. The van der Waals surface area contributed by atoms with E-state index in [-0.39, 0.29) is 18.6 Å². The predicted octanol–water partition coefficient (Wildman–Crippen LogP) is 1.52. The summed E-state index contributed by atoms with van der Waals surface area (Å²) in [5, 5.41) is 14.2. The summed E-state index contributed by atoms with van der Waals surface area (Å²) in [4.78, 5) is 20.4. The molecule has 24 heavy (non-hydrogen) atoms. The maximum absolute atomic E-state index is 11.4. The summed E-state index contributed by atoms with van der Waals surface area (Å²) in [6, 6.07) is 1.53. The van der Waals surface area contributed by atoms with E-state index in [0.717, 1.165) is 23.4 Å². The van der Waals surface area contributed by atoms with E-state index in [2.05, 4.69) is 20.6 Å². The fourth-order valence-electron chi connectivity index (χ4n) is 2.36. The van der Waals surface area contributed by atoms with E-state index < -0.39 is 0 Å². The number of hydrogen-bond donors (Lipinski definition) is 4. The van der Waals surface area contributed by atoms with E-state index in [1.807, 2.05) is 19.1 Å². The fourth-order valence-corrected chi connectivity index (χ4v) is 2.99. The predicted molar refractivity (Wildman–Crippen MR) is 97.1 cm³/mol. The van der Waals surface area contributed by atoms with Crippen LogP contribution in [0.15, 0.2) is 23.9 Å². The summed E-state index contributed by atoms with van der Waals surface area (Å²) >= 11 is 1.60. The number of amides is 2. The van der Waals surface area contributed by atoms with E-state index in [0.29, 0.717) is 23.1 Å². The highest BCUT2D eigenvalue weighted by Crippen LogP contribution is 2.29. The number of aliphatic hydroxyl groups excluding tert-OH is 1. The van der Waals surface area contributed by atoms with Gasteiger partial charge in [0.05, 0.1) is 12.3 Å². The lowest BCUT2D eigenvalue weighted by atomic mass is 9.92. The van der Waals surface area contributed by atoms with E-state index in [1.54, 1.807) is 24.9 Å². The van der Waals surface area contributed by atoms with Crippen molar-refractivity contribution >= 4 is 29.2 Å². The molecular formula is C16H23N5O2S. The van der Waals surface area contributed by atoms with Crippen molar-refractivity contribution in [2.45, 2.75) is 19.1 Å². The van der Waals surface area contributed by atoms with Gasteiger partial charge in [-0.2, -0.15) is 11.8 Å². The minimum absolute atomic E-state index is 0.146. The first kappa shape index (κ1) is 18.3. The van der Waals surface area contributed by atoms with Crippen LogP contribution in [0.2, 0.25) is 0 Å². The zero-order valence-electron chi connectivity index (χ0n) is 13.9. The van der Waals surface area contributed by atoms with E-state index in [4.69, 9.17) is 10.8 Å². The van der Waals surface area contributed by atoms with Gasteiger partial charge in [0.15, 0.2) is 5.82 Å². The molecule has 0 radical (unpaired) electrons. The van der Waals surface area contributed by atoms with Crippen LogP contribution >= 0.6 is 11.8 Å². The van der Waals surface area contributed by atoms with Crippen LogP contribution in [0.4, 0.5) is 10.6 Å². The summed E-state index contributed by atoms with van der Waals surface area (Å²) < 4.78 is 0. The van der Waals surface area contributed by atoms with Crippen molar-refractivity contribution in [3.05, 3.63) is 35.4 Å². The van der Waals surface area contributed by atoms with Gasteiger partial charge in [-0.15, -0.1) is 0 Å². The number of nitrogens with two attached hydrogens (primary N) is 1. The largest absolute Gasteiger partial charge is 0.396 e. The van der Waals surface area contributed by atoms with Gasteiger partial charge in [-0.3, -0.25) is 0 Å². The molecule has 0 unspecified atom stereocenters. The summed E-state index contributed by atoms with van der Waals surface area (Å²) in [6.45, 7) is 2.19. The third kappa shape index (κ3) is 4.97. The Morgan fingerprint density at radius 2 is 2.25 bits per heavy atom. The number of aliphatic hydroxyl groups is 1. The van der Waals surface area contributed by atoms with Gasteiger partial charge in [0.2, 0.25) is 0 Å². The number of nitrogens with zero attached hydrogens (tertiary/aromatic N) is 2. The molecule has 2 amide bonds. The molecule has 0 saturated carbocycles. The third-order valence-corrected chi connectivity index (χ3v) is 4.55. The number of anilines is 1. The van der Waals surface area contributed by atoms with Crippen molar-refractivity contribution in [3.63, 3.8) is 0 Å². The molecule has 8 heteroatoms. The van der Waals surface area contributed by atoms with Crippen LogP contribution < -0.4 is 16.4 Å². The van der Waals surface area contributed by atoms with E-state index >= 15 is 0 Å². The SMILES string of the molecule is CNC(=O)NC1=CC=C(c2nc(N)cc(CSCCO)n2)C[C@H]1C. The molecule has 130 valence electrons. The van der Waals surface area contributed by atoms with Crippen molar-refractivity contribution in [1.82, 2.24) is 20.6 Å². The molecule has 5 N–H and O–H groups in total. The lowest BCUT2D eigenvalue weighted by Gasteiger charge is -2.22. The molecule has 1 atom stereocenters. The lowest BCUT2D eigenvalue weighted by molar-refractivity contribution is 0.244. The molecule has 1 aromatic rings. The van der Waals surface area contributed by atoms with Gasteiger partial charge in [0, 0.05) is 36.2 Å². The molecule has 2 rings (SSSR count). The summed E-state index contributed by atoms with van der Waals surface area (Å²) in [5.74, 6) is 2.56. The van der Waals surface area contributed by atoms with Gasteiger partial charge in [0.25, 0.3) is 0 Å². The van der Waals surface area contributed by atoms with Gasteiger partial charge in [-0.1, -0.05) is 13.0 Å². The molecule has 7 nitrogen and oxygen atoms in total. The highest BCUT2D eigenvalue weighted by molar-refractivity contribution is 7.98. The zero-order chi connectivity index (χ0) is 17.5. The maximum atomic E-state index is 11.4. The number of carbonyl (C=O) groups is 1. The number of carbonyl (C=O) groups excluding carboxylic acids is 1. The Morgan fingerprint density at radius 3 is 2.92 bits per heavy atom. The van der Waals surface area contributed by atoms with Crippen molar-refractivity contribution < 1.29 is 9.90 Å². The van der Waals surface area contributed by atoms with Crippen molar-refractivity contribution in [2.75, 3.05) is 25.1 Å². The molecule has 0 bridgehead atoms. The van der Waals surface area contributed by atoms with Gasteiger partial charge in [0.1, 0.15) is 5.82 Å². The second-order valence-electron chi connectivity index (χ2n) is 5.51. The van der Waals surface area contributed by atoms with Gasteiger partial charge >= 0.3 is 6.03 Å². The summed E-state index contributed by atoms with van der Waals surface area (Å²) in [7, 11) is 1.58. The minimum Gasteiger partial charge on any atom is -0.396 e. The van der Waals surface area contributed by atoms with Crippen LogP contribution in [0.1, 0.15) is 24.9 Å². The van der Waals surface area contributed by atoms with Crippen LogP contribution in [0.3, 0.4) is 0 Å². The first-order chi connectivity index (χ1) is 11.5. The quantitative estimate of drug-likeness (QED) is 0.579. The molecule has 1 aliphatic rings. The van der Waals surface area contributed by atoms with E-state index in [1.165, 1.54) is 0 Å². The van der Waals surface area contributed by atoms with Crippen LogP contribution in [0.25, 0.3) is 5.57 Å². The Morgan fingerprint density at radius 1 is 1.46 bits per heavy atom. The Kier molecular flexibility index (Phi) is 6.62. The summed E-state index contributed by atoms with van der Waals surface area (Å²) in [6.07, 6.45) is 4.53. The smallest absolute Gasteiger partial charge is 0.318 e. The molecule has 0 saturated heterocycles. The number of hydrogen-bond acceptors (Lipinski definition) is 6. The average Bonchev–Trinajstić information content (AvgIpc) is 2.56. The van der Waals surface area contributed by atoms with Crippen LogP contribution in [-0.2, 0) is 5.75 Å². The standard InChI is InChI=1S/C16H23N5O2S/c1-10-7-11(3-4-13(10)20-16(23)18-2)15-19-12(8-14(17)21-15)9-24-6-5-22/h3-4,8,10,22H,5-7,9H2,1-2H3,(H2,17,19,21)(H2,18,20,23)/t10-/m1/s1. The molecule has 0 fully saturated rings. The number of aromatic nitrogens is 2. The van der Waals surface area contributed by atoms with Crippen LogP contribution in [-0.4, -0.2) is 40.5 Å². The minimum atomic E-state index is -0.228. The number of thioether (sulfide) groups is 1. The van der Waals surface area contributed by atoms with Crippen molar-refractivity contribution in [1.29, 1.82) is 0 Å². The summed E-state index contributed by atoms with van der Waals surface area (Å²) in [5.41, 5.74) is 8.60. The van der Waals surface area contributed by atoms with Gasteiger partial charge < -0.3 is 21.5 Å². The molecule has 0 aromatic carbocycles. The first-order valence-corrected chi connectivity index (χ1v) is 8.90. The molecule has 1 heterocycles. The first-order valence-electron chi connectivity index (χ1n) is 7.75. The van der Waals surface area contributed by atoms with Crippen LogP contribution in [0.5, 0.6) is 0 Å². The average molecular weight is 349 g/mol. The Hall–Kier alpha value is -2.06. The monoisotopic (exact) mass is 349 g/mol. The number of nitrogen functional groups attached to an aromatic ring is 1. The zero-order valence-corrected chi connectivity index (χ0v) is 14.7. The number of allylic oxidation sites excluding steroid dienone is 4. The molecule has 0 spiro atoms. The lowest BCUT2D eigenvalue weighted by Crippen LogP contribution is -2.34. The van der Waals surface area contributed by atoms with Gasteiger partial charge in [-0.25, -0.2) is 14.8 Å². The maximum Gasteiger partial charge on any atom is 0.318 e. The number of urea groups is 1. The second kappa shape index (κ2) is 8.70. The van der Waals surface area contributed by atoms with Crippen molar-refractivity contribution in [3.8, 4) is 0 Å². The van der Waals surface area contributed by atoms with Crippen molar-refractivity contribution in [2.24, 2.45) is 5.92 Å². The highest BCUT2D eigenvalue weighted by Gasteiger charge is 2.19. The molecular weight excluding hydrogens is 326 g/mol. The van der Waals surface area contributed by atoms with Gasteiger partial charge in [-0.05, 0) is 18.1 Å². The number of rotatable bonds is 6. The normalized spacial score (nSPS) is 17.0.